The maximum Gasteiger partial charge on any atom is 0.253 e. The van der Waals surface area contributed by atoms with Gasteiger partial charge < -0.3 is 10.2 Å². The van der Waals surface area contributed by atoms with Gasteiger partial charge in [0.05, 0.1) is 10.2 Å². The summed E-state index contributed by atoms with van der Waals surface area (Å²) in [7, 11) is 3.48. The number of thiocarbonyl (C=S) groups is 2. The second-order valence-corrected chi connectivity index (χ2v) is 9.51. The van der Waals surface area contributed by atoms with Gasteiger partial charge in [-0.05, 0) is 42.3 Å². The Morgan fingerprint density at radius 2 is 1.77 bits per heavy atom. The predicted octanol–water partition coefficient (Wildman–Crippen LogP) is 5.20. The molecule has 0 radical (unpaired) electrons. The van der Waals surface area contributed by atoms with Gasteiger partial charge in [-0.3, -0.25) is 4.79 Å². The number of carbonyl (C=O) groups excluding carboxylic acids is 1. The minimum atomic E-state index is -0.134. The van der Waals surface area contributed by atoms with Gasteiger partial charge in [0.15, 0.2) is 0 Å². The number of benzene rings is 2. The van der Waals surface area contributed by atoms with Crippen molar-refractivity contribution in [2.24, 2.45) is 0 Å². The summed E-state index contributed by atoms with van der Waals surface area (Å²) in [5.74, 6) is -0.0223. The van der Waals surface area contributed by atoms with E-state index in [0.717, 1.165) is 19.8 Å². The van der Waals surface area contributed by atoms with E-state index in [4.69, 9.17) is 24.4 Å². The SMILES string of the molecule is CC(=S)SC(=S)NC(c1ccc(C(=O)N(C)C)cc1)c1cccc(Br)c1. The Labute approximate surface area is 177 Å². The molecule has 2 rings (SSSR count). The Hall–Kier alpha value is -1.28. The number of hydrogen-bond acceptors (Lipinski definition) is 4. The molecule has 1 atom stereocenters. The van der Waals surface area contributed by atoms with Crippen molar-refractivity contribution >= 4 is 66.6 Å². The van der Waals surface area contributed by atoms with Crippen LogP contribution in [0.3, 0.4) is 0 Å². The summed E-state index contributed by atoms with van der Waals surface area (Å²) in [5.41, 5.74) is 2.73. The van der Waals surface area contributed by atoms with Crippen molar-refractivity contribution in [1.29, 1.82) is 0 Å². The van der Waals surface area contributed by atoms with E-state index in [1.807, 2.05) is 55.5 Å². The van der Waals surface area contributed by atoms with Crippen molar-refractivity contribution in [1.82, 2.24) is 10.2 Å². The molecule has 0 bridgehead atoms. The van der Waals surface area contributed by atoms with Crippen LogP contribution in [0.5, 0.6) is 0 Å². The molecule has 0 fully saturated rings. The highest BCUT2D eigenvalue weighted by molar-refractivity contribution is 9.10. The summed E-state index contributed by atoms with van der Waals surface area (Å²) in [4.78, 5) is 13.7. The molecule has 0 aromatic heterocycles. The zero-order chi connectivity index (χ0) is 19.3. The Morgan fingerprint density at radius 3 is 2.31 bits per heavy atom. The first kappa shape index (κ1) is 21.0. The maximum absolute atomic E-state index is 12.1. The second kappa shape index (κ2) is 9.60. The first-order valence-corrected chi connectivity index (χ1v) is 10.3. The van der Waals surface area contributed by atoms with E-state index in [1.54, 1.807) is 19.0 Å². The van der Waals surface area contributed by atoms with E-state index in [-0.39, 0.29) is 11.9 Å². The van der Waals surface area contributed by atoms with Crippen LogP contribution in [0.25, 0.3) is 0 Å². The highest BCUT2D eigenvalue weighted by atomic mass is 79.9. The highest BCUT2D eigenvalue weighted by Gasteiger charge is 2.17. The molecule has 0 saturated carbocycles. The largest absolute Gasteiger partial charge is 0.360 e. The van der Waals surface area contributed by atoms with Crippen molar-refractivity contribution in [3.8, 4) is 0 Å². The fourth-order valence-electron chi connectivity index (χ4n) is 2.40. The molecule has 0 heterocycles. The van der Waals surface area contributed by atoms with Gasteiger partial charge in [-0.2, -0.15) is 0 Å². The van der Waals surface area contributed by atoms with Crippen molar-refractivity contribution < 1.29 is 4.79 Å². The minimum absolute atomic E-state index is 0.0223. The van der Waals surface area contributed by atoms with Crippen LogP contribution in [-0.2, 0) is 0 Å². The summed E-state index contributed by atoms with van der Waals surface area (Å²) in [6.07, 6.45) is 0. The summed E-state index contributed by atoms with van der Waals surface area (Å²) < 4.78 is 2.38. The lowest BCUT2D eigenvalue weighted by molar-refractivity contribution is 0.0827. The van der Waals surface area contributed by atoms with Gasteiger partial charge in [-0.15, -0.1) is 0 Å². The quantitative estimate of drug-likeness (QED) is 0.626. The number of nitrogens with one attached hydrogen (secondary N) is 1. The standard InChI is InChI=1S/C19H19BrN2OS3/c1-12(24)26-19(25)21-17(15-5-4-6-16(20)11-15)13-7-9-14(10-8-13)18(23)22(2)3/h4-11,17H,1-3H3,(H,21,25). The van der Waals surface area contributed by atoms with E-state index in [9.17, 15) is 4.79 Å². The lowest BCUT2D eigenvalue weighted by Gasteiger charge is -2.22. The van der Waals surface area contributed by atoms with Gasteiger partial charge in [0.2, 0.25) is 0 Å². The third-order valence-corrected chi connectivity index (χ3v) is 5.28. The van der Waals surface area contributed by atoms with Crippen LogP contribution < -0.4 is 5.32 Å². The van der Waals surface area contributed by atoms with E-state index >= 15 is 0 Å². The first-order valence-electron chi connectivity index (χ1n) is 7.84. The molecular weight excluding hydrogens is 448 g/mol. The minimum Gasteiger partial charge on any atom is -0.360 e. The molecule has 0 spiro atoms. The number of nitrogens with zero attached hydrogens (tertiary/aromatic N) is 1. The third kappa shape index (κ3) is 5.87. The van der Waals surface area contributed by atoms with Gasteiger partial charge in [0.25, 0.3) is 5.91 Å². The van der Waals surface area contributed by atoms with Gasteiger partial charge in [-0.25, -0.2) is 0 Å². The number of carbonyl (C=O) groups is 1. The van der Waals surface area contributed by atoms with Crippen LogP contribution >= 0.6 is 52.1 Å². The number of rotatable bonds is 4. The fraction of sp³-hybridized carbons (Fsp3) is 0.211. The number of amides is 1. The van der Waals surface area contributed by atoms with Crippen LogP contribution in [0.2, 0.25) is 0 Å². The highest BCUT2D eigenvalue weighted by Crippen LogP contribution is 2.26. The summed E-state index contributed by atoms with van der Waals surface area (Å²) in [5, 5.41) is 3.37. The van der Waals surface area contributed by atoms with Gasteiger partial charge in [0.1, 0.15) is 4.32 Å². The van der Waals surface area contributed by atoms with Crippen molar-refractivity contribution in [3.63, 3.8) is 0 Å². The zero-order valence-electron chi connectivity index (χ0n) is 14.7. The number of halogens is 1. The molecule has 0 saturated heterocycles. The first-order chi connectivity index (χ1) is 12.3. The van der Waals surface area contributed by atoms with Crippen LogP contribution in [-0.4, -0.2) is 33.4 Å². The number of hydrogen-bond donors (Lipinski definition) is 1. The smallest absolute Gasteiger partial charge is 0.253 e. The molecule has 136 valence electrons. The molecule has 1 amide bonds. The van der Waals surface area contributed by atoms with Crippen LogP contribution in [0.1, 0.15) is 34.5 Å². The average Bonchev–Trinajstić information content (AvgIpc) is 2.58. The zero-order valence-corrected chi connectivity index (χ0v) is 18.7. The Morgan fingerprint density at radius 1 is 1.12 bits per heavy atom. The van der Waals surface area contributed by atoms with Crippen LogP contribution in [0, 0.1) is 0 Å². The van der Waals surface area contributed by atoms with E-state index < -0.39 is 0 Å². The molecule has 1 unspecified atom stereocenters. The topological polar surface area (TPSA) is 32.3 Å². The monoisotopic (exact) mass is 466 g/mol. The fourth-order valence-corrected chi connectivity index (χ4v) is 4.16. The molecule has 0 aliphatic carbocycles. The Kier molecular flexibility index (Phi) is 7.76. The van der Waals surface area contributed by atoms with E-state index in [0.29, 0.717) is 9.88 Å². The molecule has 26 heavy (non-hydrogen) atoms. The van der Waals surface area contributed by atoms with Crippen LogP contribution in [0.15, 0.2) is 53.0 Å². The molecule has 3 nitrogen and oxygen atoms in total. The Balaban J connectivity index is 2.35. The molecule has 2 aromatic carbocycles. The maximum atomic E-state index is 12.1. The lowest BCUT2D eigenvalue weighted by atomic mass is 9.98. The predicted molar refractivity (Wildman–Crippen MR) is 122 cm³/mol. The second-order valence-electron chi connectivity index (χ2n) is 5.84. The van der Waals surface area contributed by atoms with Gasteiger partial charge >= 0.3 is 0 Å². The molecular formula is C19H19BrN2OS3. The van der Waals surface area contributed by atoms with E-state index in [2.05, 4.69) is 21.2 Å². The molecule has 2 aromatic rings. The summed E-state index contributed by atoms with van der Waals surface area (Å²) in [6.45, 7) is 1.85. The van der Waals surface area contributed by atoms with Crippen molar-refractivity contribution in [2.75, 3.05) is 14.1 Å². The van der Waals surface area contributed by atoms with Crippen LogP contribution in [0.4, 0.5) is 0 Å². The molecule has 0 aliphatic rings. The van der Waals surface area contributed by atoms with Gasteiger partial charge in [0, 0.05) is 24.1 Å². The summed E-state index contributed by atoms with van der Waals surface area (Å²) in [6, 6.07) is 15.5. The Bertz CT molecular complexity index is 822. The van der Waals surface area contributed by atoms with Crippen molar-refractivity contribution in [2.45, 2.75) is 13.0 Å². The van der Waals surface area contributed by atoms with Crippen molar-refractivity contribution in [3.05, 3.63) is 69.7 Å². The lowest BCUT2D eigenvalue weighted by Crippen LogP contribution is -2.26. The normalized spacial score (nSPS) is 11.5. The van der Waals surface area contributed by atoms with Gasteiger partial charge in [-0.1, -0.05) is 76.4 Å². The van der Waals surface area contributed by atoms with E-state index in [1.165, 1.54) is 11.8 Å². The molecule has 7 heteroatoms. The number of thioether (sulfide) groups is 1. The summed E-state index contributed by atoms with van der Waals surface area (Å²) >= 11 is 15.5. The average molecular weight is 467 g/mol. The molecule has 0 aliphatic heterocycles. The molecule has 1 N–H and O–H groups in total. The third-order valence-electron chi connectivity index (χ3n) is 3.58.